The highest BCUT2D eigenvalue weighted by molar-refractivity contribution is 9.10. The van der Waals surface area contributed by atoms with Gasteiger partial charge in [0.2, 0.25) is 0 Å². The number of phenols is 1. The number of ether oxygens (including phenoxy) is 2. The fourth-order valence-electron chi connectivity index (χ4n) is 1.77. The third kappa shape index (κ3) is 5.62. The summed E-state index contributed by atoms with van der Waals surface area (Å²) in [6.07, 6.45) is 1.41. The van der Waals surface area contributed by atoms with Gasteiger partial charge in [-0.3, -0.25) is 4.79 Å². The van der Waals surface area contributed by atoms with Crippen LogP contribution in [0.5, 0.6) is 17.2 Å². The number of carbonyl (C=O) groups is 1. The van der Waals surface area contributed by atoms with E-state index in [0.717, 1.165) is 4.47 Å². The first-order chi connectivity index (χ1) is 11.9. The number of carbonyl (C=O) groups excluding carboxylic acids is 1. The standard InChI is InChI=1S/C16H13Br2ClN2O4/c1-24-14-5-9(4-11(18)16(14)23)7-20-21-15(22)8-25-13-3-2-10(17)6-12(13)19/h2-7,23H,8H2,1H3,(H,21,22)/b20-7+. The lowest BCUT2D eigenvalue weighted by atomic mass is 10.2. The monoisotopic (exact) mass is 490 g/mol. The molecule has 25 heavy (non-hydrogen) atoms. The summed E-state index contributed by atoms with van der Waals surface area (Å²) >= 11 is 12.5. The van der Waals surface area contributed by atoms with Crippen LogP contribution in [-0.4, -0.2) is 30.9 Å². The van der Waals surface area contributed by atoms with E-state index in [1.807, 2.05) is 0 Å². The lowest BCUT2D eigenvalue weighted by Crippen LogP contribution is -2.24. The molecule has 132 valence electrons. The van der Waals surface area contributed by atoms with Crippen LogP contribution in [0.3, 0.4) is 0 Å². The number of methoxy groups -OCH3 is 1. The van der Waals surface area contributed by atoms with Crippen molar-refractivity contribution in [2.75, 3.05) is 13.7 Å². The third-order valence-corrected chi connectivity index (χ3v) is 4.32. The molecule has 0 radical (unpaired) electrons. The molecular weight excluding hydrogens is 479 g/mol. The van der Waals surface area contributed by atoms with E-state index in [1.54, 1.807) is 30.3 Å². The van der Waals surface area contributed by atoms with E-state index in [1.165, 1.54) is 13.3 Å². The quantitative estimate of drug-likeness (QED) is 0.470. The SMILES string of the molecule is COc1cc(/C=N/NC(=O)COc2ccc(Br)cc2Cl)cc(Br)c1O. The first-order valence-electron chi connectivity index (χ1n) is 6.87. The minimum absolute atomic E-state index is 0.0107. The van der Waals surface area contributed by atoms with E-state index < -0.39 is 5.91 Å². The minimum atomic E-state index is -0.444. The number of benzene rings is 2. The summed E-state index contributed by atoms with van der Waals surface area (Å²) in [4.78, 5) is 11.8. The van der Waals surface area contributed by atoms with Gasteiger partial charge in [-0.25, -0.2) is 5.43 Å². The summed E-state index contributed by atoms with van der Waals surface area (Å²) in [6.45, 7) is -0.235. The molecule has 0 spiro atoms. The highest BCUT2D eigenvalue weighted by Crippen LogP contribution is 2.34. The highest BCUT2D eigenvalue weighted by atomic mass is 79.9. The summed E-state index contributed by atoms with van der Waals surface area (Å²) in [6, 6.07) is 8.29. The fourth-order valence-corrected chi connectivity index (χ4v) is 2.96. The van der Waals surface area contributed by atoms with Crippen LogP contribution in [0.15, 0.2) is 44.4 Å². The molecule has 0 saturated heterocycles. The summed E-state index contributed by atoms with van der Waals surface area (Å²) in [7, 11) is 1.44. The van der Waals surface area contributed by atoms with E-state index in [4.69, 9.17) is 21.1 Å². The van der Waals surface area contributed by atoms with Crippen LogP contribution in [0, 0.1) is 0 Å². The normalized spacial score (nSPS) is 10.7. The van der Waals surface area contributed by atoms with Gasteiger partial charge in [0.1, 0.15) is 5.75 Å². The van der Waals surface area contributed by atoms with Gasteiger partial charge >= 0.3 is 0 Å². The predicted octanol–water partition coefficient (Wildman–Crippen LogP) is 4.11. The van der Waals surface area contributed by atoms with Gasteiger partial charge in [0, 0.05) is 4.47 Å². The smallest absolute Gasteiger partial charge is 0.277 e. The fraction of sp³-hybridized carbons (Fsp3) is 0.125. The number of amides is 1. The molecule has 2 aromatic carbocycles. The zero-order valence-corrected chi connectivity index (χ0v) is 16.9. The van der Waals surface area contributed by atoms with E-state index in [-0.39, 0.29) is 18.1 Å². The second-order valence-corrected chi connectivity index (χ2v) is 6.89. The van der Waals surface area contributed by atoms with Crippen molar-refractivity contribution in [1.29, 1.82) is 0 Å². The first-order valence-corrected chi connectivity index (χ1v) is 8.83. The summed E-state index contributed by atoms with van der Waals surface area (Å²) in [5, 5.41) is 14.0. The topological polar surface area (TPSA) is 80.2 Å². The maximum Gasteiger partial charge on any atom is 0.277 e. The molecule has 0 bridgehead atoms. The van der Waals surface area contributed by atoms with Gasteiger partial charge in [-0.15, -0.1) is 0 Å². The molecule has 9 heteroatoms. The molecule has 0 aliphatic rings. The van der Waals surface area contributed by atoms with Gasteiger partial charge in [-0.2, -0.15) is 5.10 Å². The van der Waals surface area contributed by atoms with Crippen LogP contribution in [0.1, 0.15) is 5.56 Å². The molecule has 0 atom stereocenters. The van der Waals surface area contributed by atoms with Crippen LogP contribution in [0.2, 0.25) is 5.02 Å². The molecule has 0 aliphatic carbocycles. The van der Waals surface area contributed by atoms with Crippen molar-refractivity contribution in [3.05, 3.63) is 49.9 Å². The van der Waals surface area contributed by atoms with Crippen LogP contribution < -0.4 is 14.9 Å². The summed E-state index contributed by atoms with van der Waals surface area (Å²) in [5.74, 6) is 0.232. The van der Waals surface area contributed by atoms with Crippen molar-refractivity contribution in [3.63, 3.8) is 0 Å². The van der Waals surface area contributed by atoms with Gasteiger partial charge in [-0.1, -0.05) is 27.5 Å². The highest BCUT2D eigenvalue weighted by Gasteiger charge is 2.08. The zero-order chi connectivity index (χ0) is 18.4. The molecule has 6 nitrogen and oxygen atoms in total. The van der Waals surface area contributed by atoms with Crippen molar-refractivity contribution < 1.29 is 19.4 Å². The second-order valence-electron chi connectivity index (χ2n) is 4.71. The zero-order valence-electron chi connectivity index (χ0n) is 12.9. The summed E-state index contributed by atoms with van der Waals surface area (Å²) < 4.78 is 11.6. The van der Waals surface area contributed by atoms with Crippen molar-refractivity contribution in [3.8, 4) is 17.2 Å². The van der Waals surface area contributed by atoms with Gasteiger partial charge < -0.3 is 14.6 Å². The average Bonchev–Trinajstić information content (AvgIpc) is 2.57. The second kappa shape index (κ2) is 9.07. The Kier molecular flexibility index (Phi) is 7.10. The van der Waals surface area contributed by atoms with Crippen LogP contribution in [-0.2, 0) is 4.79 Å². The maximum atomic E-state index is 11.8. The van der Waals surface area contributed by atoms with Gasteiger partial charge in [0.25, 0.3) is 5.91 Å². The molecule has 0 aliphatic heterocycles. The minimum Gasteiger partial charge on any atom is -0.503 e. The number of halogens is 3. The van der Waals surface area contributed by atoms with E-state index >= 15 is 0 Å². The van der Waals surface area contributed by atoms with Crippen LogP contribution >= 0.6 is 43.5 Å². The van der Waals surface area contributed by atoms with Crippen molar-refractivity contribution in [2.45, 2.75) is 0 Å². The number of nitrogens with zero attached hydrogens (tertiary/aromatic N) is 1. The molecular formula is C16H13Br2ClN2O4. The van der Waals surface area contributed by atoms with Crippen LogP contribution in [0.4, 0.5) is 0 Å². The number of rotatable bonds is 6. The Morgan fingerprint density at radius 3 is 2.76 bits per heavy atom. The lowest BCUT2D eigenvalue weighted by molar-refractivity contribution is -0.123. The molecule has 0 fully saturated rings. The number of hydrogen-bond acceptors (Lipinski definition) is 5. The largest absolute Gasteiger partial charge is 0.503 e. The molecule has 0 heterocycles. The van der Waals surface area contributed by atoms with E-state index in [9.17, 15) is 9.90 Å². The Bertz CT molecular complexity index is 815. The Morgan fingerprint density at radius 2 is 2.08 bits per heavy atom. The number of phenolic OH excluding ortho intramolecular Hbond substituents is 1. The van der Waals surface area contributed by atoms with E-state index in [2.05, 4.69) is 42.4 Å². The Labute approximate surface area is 166 Å². The molecule has 0 aromatic heterocycles. The third-order valence-electron chi connectivity index (χ3n) is 2.93. The Morgan fingerprint density at radius 1 is 1.32 bits per heavy atom. The lowest BCUT2D eigenvalue weighted by Gasteiger charge is -2.07. The van der Waals surface area contributed by atoms with Gasteiger partial charge in [-0.05, 0) is 51.8 Å². The molecule has 1 amide bonds. The molecule has 0 unspecified atom stereocenters. The Balaban J connectivity index is 1.91. The Hall–Kier alpha value is -1.77. The number of hydrazone groups is 1. The van der Waals surface area contributed by atoms with Crippen molar-refractivity contribution >= 4 is 55.6 Å². The number of nitrogens with one attached hydrogen (secondary N) is 1. The number of aromatic hydroxyl groups is 1. The van der Waals surface area contributed by atoms with Crippen molar-refractivity contribution in [2.24, 2.45) is 5.10 Å². The van der Waals surface area contributed by atoms with Gasteiger partial charge in [0.15, 0.2) is 18.1 Å². The average molecular weight is 493 g/mol. The summed E-state index contributed by atoms with van der Waals surface area (Å²) in [5.41, 5.74) is 2.96. The molecule has 0 saturated carbocycles. The molecule has 2 rings (SSSR count). The van der Waals surface area contributed by atoms with Gasteiger partial charge in [0.05, 0.1) is 22.8 Å². The van der Waals surface area contributed by atoms with E-state index in [0.29, 0.717) is 20.8 Å². The van der Waals surface area contributed by atoms with Crippen LogP contribution in [0.25, 0.3) is 0 Å². The molecule has 2 aromatic rings. The first kappa shape index (κ1) is 19.6. The number of hydrogen-bond donors (Lipinski definition) is 2. The maximum absolute atomic E-state index is 11.8. The predicted molar refractivity (Wildman–Crippen MR) is 103 cm³/mol. The van der Waals surface area contributed by atoms with Crippen molar-refractivity contribution in [1.82, 2.24) is 5.43 Å². The molecule has 2 N–H and O–H groups in total.